The van der Waals surface area contributed by atoms with Gasteiger partial charge in [-0.1, -0.05) is 18.2 Å². The van der Waals surface area contributed by atoms with Gasteiger partial charge in [-0.3, -0.25) is 14.6 Å². The Balaban J connectivity index is 1.55. The standard InChI is InChI=1S/C23H24N4OS/c1-28-23-8-7-19(13-21(23)17-27-11-4-10-25-27)15-26(18-22-6-3-12-29-22)16-20-5-2-9-24-14-20/h2-14H,15-18H2,1H3. The van der Waals surface area contributed by atoms with Crippen LogP contribution in [0.3, 0.4) is 0 Å². The van der Waals surface area contributed by atoms with E-state index < -0.39 is 0 Å². The Labute approximate surface area is 175 Å². The first-order valence-electron chi connectivity index (χ1n) is 9.57. The molecule has 0 aliphatic carbocycles. The molecule has 29 heavy (non-hydrogen) atoms. The van der Waals surface area contributed by atoms with Crippen molar-refractivity contribution in [1.82, 2.24) is 19.7 Å². The highest BCUT2D eigenvalue weighted by Crippen LogP contribution is 2.23. The molecule has 0 bridgehead atoms. The lowest BCUT2D eigenvalue weighted by molar-refractivity contribution is 0.249. The van der Waals surface area contributed by atoms with Crippen molar-refractivity contribution < 1.29 is 4.74 Å². The third kappa shape index (κ3) is 5.31. The highest BCUT2D eigenvalue weighted by molar-refractivity contribution is 7.09. The van der Waals surface area contributed by atoms with E-state index in [4.69, 9.17) is 4.74 Å². The zero-order valence-electron chi connectivity index (χ0n) is 16.4. The summed E-state index contributed by atoms with van der Waals surface area (Å²) in [5.74, 6) is 0.890. The normalized spacial score (nSPS) is 11.1. The number of benzene rings is 1. The second kappa shape index (κ2) is 9.49. The summed E-state index contributed by atoms with van der Waals surface area (Å²) in [6, 6.07) is 16.8. The summed E-state index contributed by atoms with van der Waals surface area (Å²) >= 11 is 1.80. The molecule has 0 saturated heterocycles. The smallest absolute Gasteiger partial charge is 0.123 e. The van der Waals surface area contributed by atoms with Crippen LogP contribution in [0.25, 0.3) is 0 Å². The van der Waals surface area contributed by atoms with E-state index in [1.165, 1.54) is 16.0 Å². The molecule has 5 nitrogen and oxygen atoms in total. The van der Waals surface area contributed by atoms with E-state index in [0.717, 1.165) is 30.9 Å². The van der Waals surface area contributed by atoms with Gasteiger partial charge in [0, 0.05) is 54.9 Å². The molecule has 3 aromatic heterocycles. The minimum Gasteiger partial charge on any atom is -0.496 e. The average Bonchev–Trinajstić information content (AvgIpc) is 3.43. The SMILES string of the molecule is COc1ccc(CN(Cc2cccnc2)Cc2cccs2)cc1Cn1cccn1. The number of hydrogen-bond acceptors (Lipinski definition) is 5. The summed E-state index contributed by atoms with van der Waals surface area (Å²) in [6.07, 6.45) is 7.53. The molecule has 0 aliphatic rings. The molecule has 4 aromatic rings. The molecule has 0 amide bonds. The van der Waals surface area contributed by atoms with Crippen LogP contribution in [-0.2, 0) is 26.2 Å². The number of ether oxygens (including phenoxy) is 1. The number of aromatic nitrogens is 3. The Morgan fingerprint density at radius 3 is 2.66 bits per heavy atom. The molecule has 3 heterocycles. The van der Waals surface area contributed by atoms with E-state index in [0.29, 0.717) is 6.54 Å². The maximum atomic E-state index is 5.57. The molecule has 0 radical (unpaired) electrons. The van der Waals surface area contributed by atoms with Gasteiger partial charge in [0.15, 0.2) is 0 Å². The van der Waals surface area contributed by atoms with Crippen LogP contribution in [0.15, 0.2) is 78.7 Å². The molecule has 0 atom stereocenters. The van der Waals surface area contributed by atoms with Crippen molar-refractivity contribution in [2.75, 3.05) is 7.11 Å². The fourth-order valence-corrected chi connectivity index (χ4v) is 4.17. The molecule has 0 saturated carbocycles. The molecule has 1 aromatic carbocycles. The topological polar surface area (TPSA) is 43.2 Å². The monoisotopic (exact) mass is 404 g/mol. The van der Waals surface area contributed by atoms with Crippen LogP contribution in [0, 0.1) is 0 Å². The van der Waals surface area contributed by atoms with E-state index in [1.54, 1.807) is 24.6 Å². The number of nitrogens with zero attached hydrogens (tertiary/aromatic N) is 4. The summed E-state index contributed by atoms with van der Waals surface area (Å²) in [5, 5.41) is 6.46. The molecule has 4 rings (SSSR count). The minimum absolute atomic E-state index is 0.692. The molecule has 0 N–H and O–H groups in total. The highest BCUT2D eigenvalue weighted by atomic mass is 32.1. The Morgan fingerprint density at radius 1 is 1.00 bits per heavy atom. The molecular formula is C23H24N4OS. The van der Waals surface area contributed by atoms with Crippen molar-refractivity contribution in [3.8, 4) is 5.75 Å². The Hall–Kier alpha value is -2.96. The molecule has 0 spiro atoms. The van der Waals surface area contributed by atoms with Gasteiger partial charge in [-0.2, -0.15) is 5.10 Å². The Morgan fingerprint density at radius 2 is 1.93 bits per heavy atom. The van der Waals surface area contributed by atoms with Crippen molar-refractivity contribution >= 4 is 11.3 Å². The number of hydrogen-bond donors (Lipinski definition) is 0. The largest absolute Gasteiger partial charge is 0.496 e. The van der Waals surface area contributed by atoms with Crippen molar-refractivity contribution in [2.24, 2.45) is 0 Å². The molecule has 0 unspecified atom stereocenters. The van der Waals surface area contributed by atoms with E-state index in [9.17, 15) is 0 Å². The van der Waals surface area contributed by atoms with Crippen LogP contribution < -0.4 is 4.74 Å². The zero-order valence-corrected chi connectivity index (χ0v) is 17.3. The predicted octanol–water partition coefficient (Wildman–Crippen LogP) is 4.60. The van der Waals surface area contributed by atoms with Crippen LogP contribution >= 0.6 is 11.3 Å². The van der Waals surface area contributed by atoms with Crippen molar-refractivity contribution in [1.29, 1.82) is 0 Å². The number of pyridine rings is 1. The molecule has 6 heteroatoms. The quantitative estimate of drug-likeness (QED) is 0.409. The van der Waals surface area contributed by atoms with Gasteiger partial charge in [-0.15, -0.1) is 11.3 Å². The lowest BCUT2D eigenvalue weighted by Crippen LogP contribution is -2.22. The summed E-state index contributed by atoms with van der Waals surface area (Å²) < 4.78 is 7.49. The van der Waals surface area contributed by atoms with Gasteiger partial charge >= 0.3 is 0 Å². The van der Waals surface area contributed by atoms with E-state index in [-0.39, 0.29) is 0 Å². The summed E-state index contributed by atoms with van der Waals surface area (Å²) in [7, 11) is 1.72. The second-order valence-electron chi connectivity index (χ2n) is 6.94. The van der Waals surface area contributed by atoms with Gasteiger partial charge in [0.2, 0.25) is 0 Å². The van der Waals surface area contributed by atoms with E-state index >= 15 is 0 Å². The maximum Gasteiger partial charge on any atom is 0.123 e. The third-order valence-corrected chi connectivity index (χ3v) is 5.59. The zero-order chi connectivity index (χ0) is 19.9. The van der Waals surface area contributed by atoms with Crippen LogP contribution in [0.1, 0.15) is 21.6 Å². The third-order valence-electron chi connectivity index (χ3n) is 4.73. The number of methoxy groups -OCH3 is 1. The minimum atomic E-state index is 0.692. The predicted molar refractivity (Wildman–Crippen MR) is 116 cm³/mol. The van der Waals surface area contributed by atoms with Gasteiger partial charge in [0.1, 0.15) is 5.75 Å². The summed E-state index contributed by atoms with van der Waals surface area (Å²) in [6.45, 7) is 3.31. The number of rotatable bonds is 9. The Bertz CT molecular complexity index is 1000. The van der Waals surface area contributed by atoms with E-state index in [2.05, 4.69) is 56.8 Å². The van der Waals surface area contributed by atoms with E-state index in [1.807, 2.05) is 35.4 Å². The van der Waals surface area contributed by atoms with Crippen molar-refractivity contribution in [3.05, 3.63) is 100 Å². The van der Waals surface area contributed by atoms with Crippen LogP contribution in [0.4, 0.5) is 0 Å². The second-order valence-corrected chi connectivity index (χ2v) is 7.97. The lowest BCUT2D eigenvalue weighted by atomic mass is 10.1. The van der Waals surface area contributed by atoms with Gasteiger partial charge in [-0.05, 0) is 46.8 Å². The first-order valence-corrected chi connectivity index (χ1v) is 10.4. The molecule has 148 valence electrons. The van der Waals surface area contributed by atoms with Crippen molar-refractivity contribution in [2.45, 2.75) is 26.2 Å². The Kier molecular flexibility index (Phi) is 6.34. The molecular weight excluding hydrogens is 380 g/mol. The van der Waals surface area contributed by atoms with Crippen LogP contribution in [0.5, 0.6) is 5.75 Å². The fourth-order valence-electron chi connectivity index (χ4n) is 3.42. The van der Waals surface area contributed by atoms with Crippen LogP contribution in [0.2, 0.25) is 0 Å². The van der Waals surface area contributed by atoms with Crippen LogP contribution in [-0.4, -0.2) is 26.8 Å². The first kappa shape index (κ1) is 19.4. The van der Waals surface area contributed by atoms with Crippen molar-refractivity contribution in [3.63, 3.8) is 0 Å². The fraction of sp³-hybridized carbons (Fsp3) is 0.217. The summed E-state index contributed by atoms with van der Waals surface area (Å²) in [4.78, 5) is 8.08. The molecule has 0 fully saturated rings. The van der Waals surface area contributed by atoms with Gasteiger partial charge in [0.05, 0.1) is 13.7 Å². The van der Waals surface area contributed by atoms with Gasteiger partial charge in [0.25, 0.3) is 0 Å². The van der Waals surface area contributed by atoms with Gasteiger partial charge in [-0.25, -0.2) is 0 Å². The first-order chi connectivity index (χ1) is 14.3. The molecule has 0 aliphatic heterocycles. The lowest BCUT2D eigenvalue weighted by Gasteiger charge is -2.22. The average molecular weight is 405 g/mol. The number of thiophene rings is 1. The maximum absolute atomic E-state index is 5.57. The summed E-state index contributed by atoms with van der Waals surface area (Å²) in [5.41, 5.74) is 3.61. The highest BCUT2D eigenvalue weighted by Gasteiger charge is 2.12. The van der Waals surface area contributed by atoms with Gasteiger partial charge < -0.3 is 4.74 Å².